The van der Waals surface area contributed by atoms with E-state index in [1.165, 1.54) is 18.5 Å². The average Bonchev–Trinajstić information content (AvgIpc) is 3.49. The molecule has 7 heteroatoms. The topological polar surface area (TPSA) is 79.6 Å². The number of carbonyl (C=O) groups excluding carboxylic acids is 1. The molecular weight excluding hydrogens is 392 g/mol. The standard InChI is InChI=1S/C24H28N4O3/c1-31-22-12-10-21(11-13-22)28-23(17-19(26-28)5-4-16-29)24(30)25-18-6-8-20(9-7-18)27-14-2-3-15-27/h6-13,17,29H,2-5,14-16H2,1H3,(H,25,30). The molecule has 4 rings (SSSR count). The molecule has 0 spiro atoms. The normalized spacial score (nSPS) is 13.4. The highest BCUT2D eigenvalue weighted by molar-refractivity contribution is 6.03. The summed E-state index contributed by atoms with van der Waals surface area (Å²) in [7, 11) is 1.61. The highest BCUT2D eigenvalue weighted by Gasteiger charge is 2.18. The van der Waals surface area contributed by atoms with Crippen molar-refractivity contribution >= 4 is 17.3 Å². The lowest BCUT2D eigenvalue weighted by atomic mass is 10.2. The minimum atomic E-state index is -0.229. The Kier molecular flexibility index (Phi) is 6.52. The third kappa shape index (κ3) is 4.88. The first-order valence-electron chi connectivity index (χ1n) is 10.7. The molecule has 0 unspecified atom stereocenters. The number of nitrogens with zero attached hydrogens (tertiary/aromatic N) is 3. The van der Waals surface area contributed by atoms with Crippen molar-refractivity contribution in [1.82, 2.24) is 9.78 Å². The highest BCUT2D eigenvalue weighted by atomic mass is 16.5. The van der Waals surface area contributed by atoms with E-state index in [0.717, 1.165) is 35.9 Å². The largest absolute Gasteiger partial charge is 0.497 e. The van der Waals surface area contributed by atoms with E-state index in [9.17, 15) is 4.79 Å². The Morgan fingerprint density at radius 2 is 1.74 bits per heavy atom. The fourth-order valence-corrected chi connectivity index (χ4v) is 3.82. The lowest BCUT2D eigenvalue weighted by Crippen LogP contribution is -2.18. The molecule has 1 aliphatic rings. The van der Waals surface area contributed by atoms with Crippen molar-refractivity contribution in [2.75, 3.05) is 37.0 Å². The van der Waals surface area contributed by atoms with Crippen LogP contribution in [0.25, 0.3) is 5.69 Å². The van der Waals surface area contributed by atoms with E-state index in [2.05, 4.69) is 15.3 Å². The first kappa shape index (κ1) is 20.9. The van der Waals surface area contributed by atoms with Crippen LogP contribution in [0.3, 0.4) is 0 Å². The number of anilines is 2. The third-order valence-corrected chi connectivity index (χ3v) is 5.50. The van der Waals surface area contributed by atoms with E-state index in [1.807, 2.05) is 48.5 Å². The number of aliphatic hydroxyl groups is 1. The second-order valence-corrected chi connectivity index (χ2v) is 7.65. The van der Waals surface area contributed by atoms with Gasteiger partial charge in [0, 0.05) is 31.1 Å². The van der Waals surface area contributed by atoms with Gasteiger partial charge < -0.3 is 20.1 Å². The molecule has 0 atom stereocenters. The van der Waals surface area contributed by atoms with Gasteiger partial charge >= 0.3 is 0 Å². The number of rotatable bonds is 8. The van der Waals surface area contributed by atoms with Crippen molar-refractivity contribution in [3.05, 3.63) is 66.0 Å². The first-order chi connectivity index (χ1) is 15.2. The molecule has 2 N–H and O–H groups in total. The molecule has 0 bridgehead atoms. The Balaban J connectivity index is 1.56. The molecule has 31 heavy (non-hydrogen) atoms. The van der Waals surface area contributed by atoms with E-state index >= 15 is 0 Å². The van der Waals surface area contributed by atoms with Crippen LogP contribution in [0.4, 0.5) is 11.4 Å². The van der Waals surface area contributed by atoms with Crippen molar-refractivity contribution in [2.24, 2.45) is 0 Å². The van der Waals surface area contributed by atoms with Crippen molar-refractivity contribution in [3.63, 3.8) is 0 Å². The molecule has 2 heterocycles. The predicted octanol–water partition coefficient (Wildman–Crippen LogP) is 3.66. The summed E-state index contributed by atoms with van der Waals surface area (Å²) in [5.74, 6) is 0.507. The molecule has 1 amide bonds. The zero-order chi connectivity index (χ0) is 21.6. The molecule has 162 valence electrons. The minimum absolute atomic E-state index is 0.0836. The van der Waals surface area contributed by atoms with Gasteiger partial charge in [-0.2, -0.15) is 5.10 Å². The van der Waals surface area contributed by atoms with E-state index in [4.69, 9.17) is 9.84 Å². The SMILES string of the molecule is COc1ccc(-n2nc(CCCO)cc2C(=O)Nc2ccc(N3CCCC3)cc2)cc1. The molecule has 1 aliphatic heterocycles. The van der Waals surface area contributed by atoms with Gasteiger partial charge in [-0.3, -0.25) is 4.79 Å². The van der Waals surface area contributed by atoms with Crippen LogP contribution in [0.1, 0.15) is 35.4 Å². The number of aliphatic hydroxyl groups excluding tert-OH is 1. The summed E-state index contributed by atoms with van der Waals surface area (Å²) in [4.78, 5) is 15.5. The number of nitrogens with one attached hydrogen (secondary N) is 1. The van der Waals surface area contributed by atoms with Gasteiger partial charge in [0.1, 0.15) is 11.4 Å². The molecule has 0 aliphatic carbocycles. The van der Waals surface area contributed by atoms with Gasteiger partial charge in [-0.25, -0.2) is 4.68 Å². The molecule has 1 aromatic heterocycles. The zero-order valence-corrected chi connectivity index (χ0v) is 17.8. The van der Waals surface area contributed by atoms with Crippen LogP contribution in [0.2, 0.25) is 0 Å². The van der Waals surface area contributed by atoms with Gasteiger partial charge in [0.2, 0.25) is 0 Å². The molecule has 2 aromatic carbocycles. The maximum Gasteiger partial charge on any atom is 0.274 e. The van der Waals surface area contributed by atoms with E-state index in [1.54, 1.807) is 17.9 Å². The van der Waals surface area contributed by atoms with Crippen LogP contribution < -0.4 is 15.0 Å². The average molecular weight is 421 g/mol. The number of aromatic nitrogens is 2. The summed E-state index contributed by atoms with van der Waals surface area (Å²) in [6.07, 6.45) is 3.65. The predicted molar refractivity (Wildman–Crippen MR) is 121 cm³/mol. The molecular formula is C24H28N4O3. The molecule has 3 aromatic rings. The summed E-state index contributed by atoms with van der Waals surface area (Å²) in [6, 6.07) is 17.2. The number of hydrogen-bond donors (Lipinski definition) is 2. The van der Waals surface area contributed by atoms with Crippen LogP contribution in [-0.4, -0.2) is 47.6 Å². The molecule has 1 saturated heterocycles. The number of methoxy groups -OCH3 is 1. The van der Waals surface area contributed by atoms with E-state index < -0.39 is 0 Å². The van der Waals surface area contributed by atoms with Gasteiger partial charge in [0.05, 0.1) is 18.5 Å². The number of carbonyl (C=O) groups is 1. The van der Waals surface area contributed by atoms with Gasteiger partial charge in [-0.1, -0.05) is 0 Å². The summed E-state index contributed by atoms with van der Waals surface area (Å²) in [5, 5.41) is 16.7. The van der Waals surface area contributed by atoms with Gasteiger partial charge in [-0.05, 0) is 80.3 Å². The van der Waals surface area contributed by atoms with Crippen molar-refractivity contribution in [1.29, 1.82) is 0 Å². The molecule has 7 nitrogen and oxygen atoms in total. The molecule has 1 fully saturated rings. The number of benzene rings is 2. The Morgan fingerprint density at radius 3 is 2.39 bits per heavy atom. The van der Waals surface area contributed by atoms with Crippen molar-refractivity contribution in [2.45, 2.75) is 25.7 Å². The van der Waals surface area contributed by atoms with Gasteiger partial charge in [-0.15, -0.1) is 0 Å². The molecule has 0 radical (unpaired) electrons. The zero-order valence-electron chi connectivity index (χ0n) is 17.8. The second-order valence-electron chi connectivity index (χ2n) is 7.65. The fourth-order valence-electron chi connectivity index (χ4n) is 3.82. The quantitative estimate of drug-likeness (QED) is 0.581. The van der Waals surface area contributed by atoms with Crippen LogP contribution in [0.5, 0.6) is 5.75 Å². The van der Waals surface area contributed by atoms with Gasteiger partial charge in [0.15, 0.2) is 0 Å². The second kappa shape index (κ2) is 9.66. The van der Waals surface area contributed by atoms with Crippen molar-refractivity contribution in [3.8, 4) is 11.4 Å². The van der Waals surface area contributed by atoms with E-state index in [0.29, 0.717) is 18.5 Å². The lowest BCUT2D eigenvalue weighted by Gasteiger charge is -2.17. The monoisotopic (exact) mass is 420 g/mol. The van der Waals surface area contributed by atoms with Crippen molar-refractivity contribution < 1.29 is 14.6 Å². The third-order valence-electron chi connectivity index (χ3n) is 5.50. The number of amides is 1. The summed E-state index contributed by atoms with van der Waals surface area (Å²) in [5.41, 5.74) is 3.91. The maximum absolute atomic E-state index is 13.1. The number of aryl methyl sites for hydroxylation is 1. The lowest BCUT2D eigenvalue weighted by molar-refractivity contribution is 0.101. The smallest absolute Gasteiger partial charge is 0.274 e. The maximum atomic E-state index is 13.1. The number of hydrogen-bond acceptors (Lipinski definition) is 5. The first-order valence-corrected chi connectivity index (χ1v) is 10.7. The summed E-state index contributed by atoms with van der Waals surface area (Å²) >= 11 is 0. The van der Waals surface area contributed by atoms with Gasteiger partial charge in [0.25, 0.3) is 5.91 Å². The summed E-state index contributed by atoms with van der Waals surface area (Å²) in [6.45, 7) is 2.26. The van der Waals surface area contributed by atoms with Crippen LogP contribution >= 0.6 is 0 Å². The minimum Gasteiger partial charge on any atom is -0.497 e. The van der Waals surface area contributed by atoms with E-state index in [-0.39, 0.29) is 12.5 Å². The fraction of sp³-hybridized carbons (Fsp3) is 0.333. The number of ether oxygens (including phenoxy) is 1. The van der Waals surface area contributed by atoms with Crippen LogP contribution in [-0.2, 0) is 6.42 Å². The van der Waals surface area contributed by atoms with Crippen LogP contribution in [0.15, 0.2) is 54.6 Å². The Morgan fingerprint density at radius 1 is 1.06 bits per heavy atom. The summed E-state index contributed by atoms with van der Waals surface area (Å²) < 4.78 is 6.87. The molecule has 0 saturated carbocycles. The Bertz CT molecular complexity index is 1010. The highest BCUT2D eigenvalue weighted by Crippen LogP contribution is 2.23. The Hall–Kier alpha value is -3.32. The Labute approximate surface area is 182 Å². The van der Waals surface area contributed by atoms with Crippen LogP contribution in [0, 0.1) is 0 Å².